The summed E-state index contributed by atoms with van der Waals surface area (Å²) < 4.78 is 27.1. The molecule has 1 heterocycles. The average Bonchev–Trinajstić information content (AvgIpc) is 2.54. The minimum atomic E-state index is -0.309. The van der Waals surface area contributed by atoms with Crippen LogP contribution in [-0.4, -0.2) is 9.97 Å². The van der Waals surface area contributed by atoms with Gasteiger partial charge >= 0.3 is 0 Å². The molecule has 0 N–H and O–H groups in total. The molecule has 3 aromatic carbocycles. The van der Waals surface area contributed by atoms with Crippen molar-refractivity contribution in [1.82, 2.24) is 9.97 Å². The highest BCUT2D eigenvalue weighted by molar-refractivity contribution is 6.13. The smallest absolute Gasteiger partial charge is 0.126 e. The van der Waals surface area contributed by atoms with Gasteiger partial charge in [-0.15, -0.1) is 0 Å². The van der Waals surface area contributed by atoms with Gasteiger partial charge in [0.05, 0.1) is 5.52 Å². The predicted molar refractivity (Wildman–Crippen MR) is 91.9 cm³/mol. The summed E-state index contributed by atoms with van der Waals surface area (Å²) in [5.41, 5.74) is 3.32. The summed E-state index contributed by atoms with van der Waals surface area (Å²) in [5, 5.41) is 2.58. The van der Waals surface area contributed by atoms with Gasteiger partial charge in [-0.2, -0.15) is 0 Å². The van der Waals surface area contributed by atoms with Crippen LogP contribution in [-0.2, 0) is 0 Å². The molecule has 4 heteroatoms. The zero-order chi connectivity index (χ0) is 16.8. The van der Waals surface area contributed by atoms with E-state index in [0.717, 1.165) is 38.5 Å². The van der Waals surface area contributed by atoms with Crippen molar-refractivity contribution < 1.29 is 8.78 Å². The maximum Gasteiger partial charge on any atom is 0.126 e. The number of halogens is 2. The number of aromatic nitrogens is 2. The van der Waals surface area contributed by atoms with Gasteiger partial charge in [-0.05, 0) is 66.1 Å². The minimum Gasteiger partial charge on any atom is -0.238 e. The second-order valence-electron chi connectivity index (χ2n) is 5.87. The third kappa shape index (κ3) is 2.31. The van der Waals surface area contributed by atoms with Gasteiger partial charge in [0.1, 0.15) is 17.5 Å². The van der Waals surface area contributed by atoms with Crippen molar-refractivity contribution in [1.29, 1.82) is 0 Å². The normalized spacial score (nSPS) is 11.3. The second kappa shape index (κ2) is 5.34. The van der Waals surface area contributed by atoms with Gasteiger partial charge in [-0.3, -0.25) is 0 Å². The summed E-state index contributed by atoms with van der Waals surface area (Å²) in [6.45, 7) is 3.77. The molecule has 0 radical (unpaired) electrons. The minimum absolute atomic E-state index is 0.302. The van der Waals surface area contributed by atoms with E-state index in [4.69, 9.17) is 0 Å². The Balaban J connectivity index is 2.18. The van der Waals surface area contributed by atoms with Crippen LogP contribution in [0.5, 0.6) is 0 Å². The van der Waals surface area contributed by atoms with E-state index >= 15 is 0 Å². The molecule has 0 bridgehead atoms. The van der Waals surface area contributed by atoms with Crippen molar-refractivity contribution in [2.45, 2.75) is 13.8 Å². The Kier molecular flexibility index (Phi) is 3.27. The summed E-state index contributed by atoms with van der Waals surface area (Å²) in [4.78, 5) is 8.97. The first-order valence-electron chi connectivity index (χ1n) is 7.66. The lowest BCUT2D eigenvalue weighted by Crippen LogP contribution is -1.96. The standard InChI is InChI=1S/C20H14F2N2/c1-11-20-16-8-7-15(22)9-18(16)17(10-19(20)24-12(2)23-11)13-3-5-14(21)6-4-13/h3-10H,1-2H3. The average molecular weight is 320 g/mol. The Morgan fingerprint density at radius 3 is 2.21 bits per heavy atom. The molecule has 24 heavy (non-hydrogen) atoms. The molecule has 1 aromatic heterocycles. The van der Waals surface area contributed by atoms with Gasteiger partial charge in [0.25, 0.3) is 0 Å². The lowest BCUT2D eigenvalue weighted by Gasteiger charge is -2.12. The highest BCUT2D eigenvalue weighted by atomic mass is 19.1. The quantitative estimate of drug-likeness (QED) is 0.442. The largest absolute Gasteiger partial charge is 0.238 e. The van der Waals surface area contributed by atoms with Crippen molar-refractivity contribution >= 4 is 21.7 Å². The van der Waals surface area contributed by atoms with E-state index in [9.17, 15) is 8.78 Å². The van der Waals surface area contributed by atoms with Gasteiger partial charge in [0.2, 0.25) is 0 Å². The fraction of sp³-hybridized carbons (Fsp3) is 0.100. The Bertz CT molecular complexity index is 1090. The van der Waals surface area contributed by atoms with Crippen molar-refractivity contribution in [2.24, 2.45) is 0 Å². The molecule has 4 aromatic rings. The number of hydrogen-bond donors (Lipinski definition) is 0. The highest BCUT2D eigenvalue weighted by Crippen LogP contribution is 2.35. The number of nitrogens with zero attached hydrogens (tertiary/aromatic N) is 2. The zero-order valence-electron chi connectivity index (χ0n) is 13.3. The van der Waals surface area contributed by atoms with E-state index in [0.29, 0.717) is 5.82 Å². The van der Waals surface area contributed by atoms with Crippen molar-refractivity contribution in [3.8, 4) is 11.1 Å². The number of fused-ring (bicyclic) bond motifs is 3. The second-order valence-corrected chi connectivity index (χ2v) is 5.87. The van der Waals surface area contributed by atoms with Crippen LogP contribution >= 0.6 is 0 Å². The van der Waals surface area contributed by atoms with Crippen LogP contribution < -0.4 is 0 Å². The highest BCUT2D eigenvalue weighted by Gasteiger charge is 2.13. The van der Waals surface area contributed by atoms with Crippen LogP contribution in [0.15, 0.2) is 48.5 Å². The van der Waals surface area contributed by atoms with Gasteiger partial charge in [0, 0.05) is 11.1 Å². The monoisotopic (exact) mass is 320 g/mol. The molecule has 0 amide bonds. The summed E-state index contributed by atoms with van der Waals surface area (Å²) in [6.07, 6.45) is 0. The zero-order valence-corrected chi connectivity index (χ0v) is 13.3. The molecule has 0 saturated carbocycles. The molecule has 0 aliphatic rings. The fourth-order valence-corrected chi connectivity index (χ4v) is 3.22. The number of benzene rings is 3. The van der Waals surface area contributed by atoms with Crippen LogP contribution in [0, 0.1) is 25.5 Å². The van der Waals surface area contributed by atoms with Gasteiger partial charge in [0.15, 0.2) is 0 Å². The van der Waals surface area contributed by atoms with E-state index < -0.39 is 0 Å². The molecule has 0 unspecified atom stereocenters. The molecule has 4 rings (SSSR count). The van der Waals surface area contributed by atoms with Gasteiger partial charge < -0.3 is 0 Å². The van der Waals surface area contributed by atoms with Crippen LogP contribution in [0.3, 0.4) is 0 Å². The van der Waals surface area contributed by atoms with Gasteiger partial charge in [-0.25, -0.2) is 18.7 Å². The molecule has 0 aliphatic carbocycles. The summed E-state index contributed by atoms with van der Waals surface area (Å²) in [5.74, 6) is 0.0754. The number of hydrogen-bond acceptors (Lipinski definition) is 2. The Labute approximate surface area is 137 Å². The molecule has 0 atom stereocenters. The molecule has 118 valence electrons. The molecule has 0 saturated heterocycles. The Morgan fingerprint density at radius 1 is 0.750 bits per heavy atom. The van der Waals surface area contributed by atoms with E-state index in [1.165, 1.54) is 24.3 Å². The molecule has 0 spiro atoms. The van der Waals surface area contributed by atoms with E-state index in [-0.39, 0.29) is 11.6 Å². The Morgan fingerprint density at radius 2 is 1.46 bits per heavy atom. The van der Waals surface area contributed by atoms with E-state index in [1.54, 1.807) is 18.2 Å². The lowest BCUT2D eigenvalue weighted by molar-refractivity contribution is 0.628. The van der Waals surface area contributed by atoms with Crippen molar-refractivity contribution in [3.63, 3.8) is 0 Å². The van der Waals surface area contributed by atoms with Crippen molar-refractivity contribution in [3.05, 3.63) is 71.7 Å². The van der Waals surface area contributed by atoms with Crippen LogP contribution in [0.2, 0.25) is 0 Å². The third-order valence-electron chi connectivity index (χ3n) is 4.21. The SMILES string of the molecule is Cc1nc(C)c2c(cc(-c3ccc(F)cc3)c3cc(F)ccc32)n1. The van der Waals surface area contributed by atoms with E-state index in [2.05, 4.69) is 9.97 Å². The lowest BCUT2D eigenvalue weighted by atomic mass is 9.94. The molecule has 0 fully saturated rings. The van der Waals surface area contributed by atoms with Crippen LogP contribution in [0.1, 0.15) is 11.5 Å². The Hall–Kier alpha value is -2.88. The predicted octanol–water partition coefficient (Wildman–Crippen LogP) is 5.35. The van der Waals surface area contributed by atoms with Gasteiger partial charge in [-0.1, -0.05) is 18.2 Å². The first-order chi connectivity index (χ1) is 11.5. The fourth-order valence-electron chi connectivity index (χ4n) is 3.22. The maximum atomic E-state index is 13.9. The number of aryl methyl sites for hydroxylation is 2. The van der Waals surface area contributed by atoms with Crippen LogP contribution in [0.25, 0.3) is 32.8 Å². The van der Waals surface area contributed by atoms with E-state index in [1.807, 2.05) is 19.9 Å². The summed E-state index contributed by atoms with van der Waals surface area (Å²) in [7, 11) is 0. The topological polar surface area (TPSA) is 25.8 Å². The first kappa shape index (κ1) is 14.7. The summed E-state index contributed by atoms with van der Waals surface area (Å²) in [6, 6.07) is 12.8. The molecular weight excluding hydrogens is 306 g/mol. The summed E-state index contributed by atoms with van der Waals surface area (Å²) >= 11 is 0. The van der Waals surface area contributed by atoms with Crippen molar-refractivity contribution in [2.75, 3.05) is 0 Å². The molecule has 0 aliphatic heterocycles. The number of rotatable bonds is 1. The third-order valence-corrected chi connectivity index (χ3v) is 4.21. The van der Waals surface area contributed by atoms with Crippen LogP contribution in [0.4, 0.5) is 8.78 Å². The molecule has 2 nitrogen and oxygen atoms in total. The maximum absolute atomic E-state index is 13.9. The molecular formula is C20H14F2N2. The first-order valence-corrected chi connectivity index (χ1v) is 7.66.